The normalized spacial score (nSPS) is 13.8. The van der Waals surface area contributed by atoms with Crippen LogP contribution in [0.25, 0.3) is 16.1 Å². The van der Waals surface area contributed by atoms with Gasteiger partial charge in [-0.2, -0.15) is 0 Å². The maximum Gasteiger partial charge on any atom is 0.339 e. The van der Waals surface area contributed by atoms with Gasteiger partial charge in [-0.1, -0.05) is 26.0 Å². The molecule has 1 aliphatic rings. The number of hydrogen-bond acceptors (Lipinski definition) is 7. The van der Waals surface area contributed by atoms with Crippen LogP contribution in [0.1, 0.15) is 29.9 Å². The molecule has 0 radical (unpaired) electrons. The molecule has 5 rings (SSSR count). The number of ether oxygens (including phenoxy) is 1. The first-order chi connectivity index (χ1) is 17.5. The molecule has 0 unspecified atom stereocenters. The highest BCUT2D eigenvalue weighted by Gasteiger charge is 2.18. The van der Waals surface area contributed by atoms with E-state index in [1.807, 2.05) is 40.4 Å². The van der Waals surface area contributed by atoms with Gasteiger partial charge in [-0.25, -0.2) is 14.5 Å². The van der Waals surface area contributed by atoms with Crippen molar-refractivity contribution in [2.45, 2.75) is 20.3 Å². The molecule has 4 aromatic rings. The number of nitrogens with one attached hydrogen (secondary N) is 1. The molecule has 4 heterocycles. The van der Waals surface area contributed by atoms with Crippen molar-refractivity contribution in [3.8, 4) is 16.1 Å². The smallest absolute Gasteiger partial charge is 0.339 e. The molecule has 36 heavy (non-hydrogen) atoms. The van der Waals surface area contributed by atoms with Crippen LogP contribution in [0.3, 0.4) is 0 Å². The molecule has 2 N–H and O–H groups in total. The monoisotopic (exact) mass is 503 g/mol. The number of aromatic carboxylic acids is 1. The van der Waals surface area contributed by atoms with Crippen LogP contribution in [0.2, 0.25) is 0 Å². The summed E-state index contributed by atoms with van der Waals surface area (Å²) < 4.78 is 7.44. The highest BCUT2D eigenvalue weighted by atomic mass is 32.1. The van der Waals surface area contributed by atoms with Gasteiger partial charge in [0.15, 0.2) is 5.82 Å². The van der Waals surface area contributed by atoms with Crippen LogP contribution in [0.5, 0.6) is 0 Å². The number of hydrogen-bond donors (Lipinski definition) is 2. The topological polar surface area (TPSA) is 92.5 Å². The Morgan fingerprint density at radius 2 is 1.94 bits per heavy atom. The average molecular weight is 504 g/mol. The van der Waals surface area contributed by atoms with E-state index in [-0.39, 0.29) is 11.4 Å². The van der Waals surface area contributed by atoms with Gasteiger partial charge in [-0.05, 0) is 48.1 Å². The van der Waals surface area contributed by atoms with Gasteiger partial charge in [0.25, 0.3) is 0 Å². The molecule has 0 spiro atoms. The Kier molecular flexibility index (Phi) is 7.02. The summed E-state index contributed by atoms with van der Waals surface area (Å²) in [6.45, 7) is 7.51. The SMILES string of the molecule is CC(C)Cc1cc(Nc2ncc(-c3cccs3)cc2C(=O)O)nn1-c1cccc(N2CCOCC2)c1. The maximum atomic E-state index is 12.0. The largest absolute Gasteiger partial charge is 0.478 e. The van der Waals surface area contributed by atoms with Crippen LogP contribution < -0.4 is 10.2 Å². The number of aromatic nitrogens is 3. The zero-order valence-corrected chi connectivity index (χ0v) is 21.2. The first-order valence-electron chi connectivity index (χ1n) is 12.0. The lowest BCUT2D eigenvalue weighted by atomic mass is 10.1. The summed E-state index contributed by atoms with van der Waals surface area (Å²) >= 11 is 1.55. The van der Waals surface area contributed by atoms with Gasteiger partial charge >= 0.3 is 5.97 Å². The van der Waals surface area contributed by atoms with Crippen LogP contribution in [0, 0.1) is 5.92 Å². The number of pyridine rings is 1. The van der Waals surface area contributed by atoms with Crippen molar-refractivity contribution in [3.63, 3.8) is 0 Å². The number of rotatable bonds is 8. The second kappa shape index (κ2) is 10.5. The van der Waals surface area contributed by atoms with Crippen LogP contribution >= 0.6 is 11.3 Å². The minimum atomic E-state index is -1.04. The van der Waals surface area contributed by atoms with E-state index in [9.17, 15) is 9.90 Å². The zero-order chi connectivity index (χ0) is 25.1. The Bertz CT molecular complexity index is 1340. The van der Waals surface area contributed by atoms with Crippen molar-refractivity contribution in [1.29, 1.82) is 0 Å². The lowest BCUT2D eigenvalue weighted by Crippen LogP contribution is -2.36. The number of benzene rings is 1. The first kappa shape index (κ1) is 24.0. The fourth-order valence-electron chi connectivity index (χ4n) is 4.34. The van der Waals surface area contributed by atoms with Gasteiger partial charge in [0.2, 0.25) is 0 Å². The third kappa shape index (κ3) is 5.27. The molecule has 0 atom stereocenters. The van der Waals surface area contributed by atoms with E-state index in [1.165, 1.54) is 0 Å². The fraction of sp³-hybridized carbons (Fsp3) is 0.296. The predicted octanol–water partition coefficient (Wildman–Crippen LogP) is 5.47. The second-order valence-electron chi connectivity index (χ2n) is 9.18. The Morgan fingerprint density at radius 1 is 1.14 bits per heavy atom. The Balaban J connectivity index is 1.48. The fourth-order valence-corrected chi connectivity index (χ4v) is 5.05. The highest BCUT2D eigenvalue weighted by Crippen LogP contribution is 2.29. The molecule has 186 valence electrons. The van der Waals surface area contributed by atoms with E-state index in [1.54, 1.807) is 23.6 Å². The highest BCUT2D eigenvalue weighted by molar-refractivity contribution is 7.13. The van der Waals surface area contributed by atoms with Crippen LogP contribution in [0.15, 0.2) is 60.1 Å². The summed E-state index contributed by atoms with van der Waals surface area (Å²) in [5, 5.41) is 19.8. The quantitative estimate of drug-likeness (QED) is 0.329. The van der Waals surface area contributed by atoms with Crippen LogP contribution in [0.4, 0.5) is 17.3 Å². The van der Waals surface area contributed by atoms with E-state index in [2.05, 4.69) is 41.2 Å². The summed E-state index contributed by atoms with van der Waals surface area (Å²) in [6, 6.07) is 15.8. The summed E-state index contributed by atoms with van der Waals surface area (Å²) in [4.78, 5) is 19.8. The molecule has 0 bridgehead atoms. The average Bonchev–Trinajstić information content (AvgIpc) is 3.55. The third-order valence-electron chi connectivity index (χ3n) is 6.02. The summed E-state index contributed by atoms with van der Waals surface area (Å²) in [5.74, 6) is 0.212. The number of thiophene rings is 1. The molecule has 3 aromatic heterocycles. The van der Waals surface area contributed by atoms with Crippen molar-refractivity contribution in [2.75, 3.05) is 36.5 Å². The minimum absolute atomic E-state index is 0.107. The van der Waals surface area contributed by atoms with E-state index in [4.69, 9.17) is 9.84 Å². The number of nitrogens with zero attached hydrogens (tertiary/aromatic N) is 4. The van der Waals surface area contributed by atoms with Crippen molar-refractivity contribution in [1.82, 2.24) is 14.8 Å². The van der Waals surface area contributed by atoms with Gasteiger partial charge in [0, 0.05) is 47.2 Å². The van der Waals surface area contributed by atoms with E-state index in [0.717, 1.165) is 60.2 Å². The Labute approximate surface area is 214 Å². The standard InChI is InChI=1S/C27H29N5O3S/c1-18(2)13-22-16-25(29-26-23(27(33)34)14-19(17-28-26)24-7-4-12-36-24)30-32(22)21-6-3-5-20(15-21)31-8-10-35-11-9-31/h3-7,12,14-18H,8-11,13H2,1-2H3,(H,33,34)(H,28,29,30). The maximum absolute atomic E-state index is 12.0. The van der Waals surface area contributed by atoms with Gasteiger partial charge in [0.1, 0.15) is 11.4 Å². The van der Waals surface area contributed by atoms with Crippen LogP contribution in [-0.2, 0) is 11.2 Å². The van der Waals surface area contributed by atoms with Gasteiger partial charge in [-0.3, -0.25) is 0 Å². The molecule has 0 saturated carbocycles. The first-order valence-corrected chi connectivity index (χ1v) is 12.9. The Hall–Kier alpha value is -3.69. The van der Waals surface area contributed by atoms with Gasteiger partial charge in [-0.15, -0.1) is 16.4 Å². The molecule has 9 heteroatoms. The summed E-state index contributed by atoms with van der Waals surface area (Å²) in [7, 11) is 0. The van der Waals surface area contributed by atoms with E-state index < -0.39 is 5.97 Å². The molecular weight excluding hydrogens is 474 g/mol. The van der Waals surface area contributed by atoms with Crippen molar-refractivity contribution in [3.05, 3.63) is 71.4 Å². The number of anilines is 3. The molecule has 0 aliphatic carbocycles. The van der Waals surface area contributed by atoms with E-state index >= 15 is 0 Å². The number of carbonyl (C=O) groups is 1. The Morgan fingerprint density at radius 3 is 2.67 bits per heavy atom. The molecular formula is C27H29N5O3S. The third-order valence-corrected chi connectivity index (χ3v) is 6.94. The van der Waals surface area contributed by atoms with Crippen molar-refractivity contribution < 1.29 is 14.6 Å². The molecule has 1 aromatic carbocycles. The van der Waals surface area contributed by atoms with Gasteiger partial charge in [0.05, 0.1) is 18.9 Å². The van der Waals surface area contributed by atoms with Gasteiger partial charge < -0.3 is 20.1 Å². The minimum Gasteiger partial charge on any atom is -0.478 e. The zero-order valence-electron chi connectivity index (χ0n) is 20.3. The van der Waals surface area contributed by atoms with Crippen molar-refractivity contribution in [2.24, 2.45) is 5.92 Å². The number of morpholine rings is 1. The number of carboxylic acid groups (broad SMARTS) is 1. The summed E-state index contributed by atoms with van der Waals surface area (Å²) in [6.07, 6.45) is 2.52. The lowest BCUT2D eigenvalue weighted by Gasteiger charge is -2.29. The molecule has 0 amide bonds. The predicted molar refractivity (Wildman–Crippen MR) is 143 cm³/mol. The molecule has 1 saturated heterocycles. The molecule has 1 aliphatic heterocycles. The van der Waals surface area contributed by atoms with Crippen molar-refractivity contribution >= 4 is 34.6 Å². The lowest BCUT2D eigenvalue weighted by molar-refractivity contribution is 0.0697. The van der Waals surface area contributed by atoms with E-state index in [0.29, 0.717) is 11.7 Å². The number of carboxylic acids is 1. The second-order valence-corrected chi connectivity index (χ2v) is 10.1. The van der Waals surface area contributed by atoms with Crippen LogP contribution in [-0.4, -0.2) is 52.1 Å². The molecule has 8 nitrogen and oxygen atoms in total. The molecule has 1 fully saturated rings. The summed E-state index contributed by atoms with van der Waals surface area (Å²) in [5.41, 5.74) is 4.02.